The van der Waals surface area contributed by atoms with Crippen LogP contribution in [0.15, 0.2) is 12.3 Å². The molecule has 0 unspecified atom stereocenters. The van der Waals surface area contributed by atoms with Gasteiger partial charge in [-0.25, -0.2) is 14.4 Å². The van der Waals surface area contributed by atoms with E-state index in [-0.39, 0.29) is 37.6 Å². The van der Waals surface area contributed by atoms with Crippen molar-refractivity contribution in [3.8, 4) is 0 Å². The summed E-state index contributed by atoms with van der Waals surface area (Å²) in [4.78, 5) is 35.5. The number of alkyl carbamates (subject to hydrolysis) is 1. The van der Waals surface area contributed by atoms with Gasteiger partial charge in [0.1, 0.15) is 11.3 Å². The van der Waals surface area contributed by atoms with Crippen LogP contribution in [0.1, 0.15) is 55.5 Å². The number of nitrogens with one attached hydrogen (secondary N) is 1. The monoisotopic (exact) mass is 354 g/mol. The van der Waals surface area contributed by atoms with E-state index in [4.69, 9.17) is 14.2 Å². The second-order valence-corrected chi connectivity index (χ2v) is 6.18. The minimum Gasteiger partial charge on any atom is -0.462 e. The lowest BCUT2D eigenvalue weighted by Crippen LogP contribution is -2.34. The van der Waals surface area contributed by atoms with Crippen LogP contribution < -0.4 is 5.32 Å². The van der Waals surface area contributed by atoms with Crippen LogP contribution in [0.25, 0.3) is 0 Å². The zero-order valence-electron chi connectivity index (χ0n) is 15.4. The molecule has 1 aromatic heterocycles. The van der Waals surface area contributed by atoms with Gasteiger partial charge in [-0.1, -0.05) is 0 Å². The summed E-state index contributed by atoms with van der Waals surface area (Å²) in [7, 11) is 0. The fourth-order valence-corrected chi connectivity index (χ4v) is 1.99. The summed E-state index contributed by atoms with van der Waals surface area (Å²) < 4.78 is 16.6. The molecule has 140 valence electrons. The normalized spacial score (nSPS) is 10.9. The van der Waals surface area contributed by atoms with E-state index in [9.17, 15) is 14.4 Å². The van der Waals surface area contributed by atoms with Crippen LogP contribution in [0.5, 0.6) is 0 Å². The molecule has 1 heterocycles. The highest BCUT2D eigenvalue weighted by Crippen LogP contribution is 2.12. The molecule has 0 saturated heterocycles. The molecule has 0 aromatic carbocycles. The van der Waals surface area contributed by atoms with Crippen molar-refractivity contribution in [3.05, 3.63) is 23.5 Å². The second-order valence-electron chi connectivity index (χ2n) is 6.18. The molecule has 0 spiro atoms. The molecule has 1 amide bonds. The Morgan fingerprint density at radius 1 is 1.08 bits per heavy atom. The molecule has 0 fully saturated rings. The summed E-state index contributed by atoms with van der Waals surface area (Å²) in [6.45, 7) is 9.64. The van der Waals surface area contributed by atoms with Gasteiger partial charge in [0.25, 0.3) is 0 Å². The Morgan fingerprint density at radius 2 is 1.68 bits per heavy atom. The molecule has 0 aliphatic rings. The van der Waals surface area contributed by atoms with Crippen LogP contribution in [0.4, 0.5) is 4.79 Å². The number of amides is 1. The molecular formula is C17H26N2O6. The largest absolute Gasteiger partial charge is 0.462 e. The van der Waals surface area contributed by atoms with Crippen molar-refractivity contribution in [1.29, 1.82) is 0 Å². The molecule has 0 saturated carbocycles. The molecule has 8 heteroatoms. The lowest BCUT2D eigenvalue weighted by atomic mass is 10.2. The van der Waals surface area contributed by atoms with Gasteiger partial charge in [-0.05, 0) is 40.7 Å². The SMILES string of the molecule is CCOC(=O)c1cc(C(=O)OCC)n(CCNC(=O)OC(C)(C)C)c1. The molecule has 0 aliphatic heterocycles. The van der Waals surface area contributed by atoms with Crippen molar-refractivity contribution in [2.45, 2.75) is 46.8 Å². The fourth-order valence-electron chi connectivity index (χ4n) is 1.99. The summed E-state index contributed by atoms with van der Waals surface area (Å²) in [5.74, 6) is -1.07. The summed E-state index contributed by atoms with van der Waals surface area (Å²) in [6.07, 6.45) is 0.948. The second kappa shape index (κ2) is 9.10. The van der Waals surface area contributed by atoms with Gasteiger partial charge in [0.05, 0.1) is 18.8 Å². The number of aromatic nitrogens is 1. The van der Waals surface area contributed by atoms with E-state index >= 15 is 0 Å². The highest BCUT2D eigenvalue weighted by atomic mass is 16.6. The molecule has 0 bridgehead atoms. The van der Waals surface area contributed by atoms with Crippen LogP contribution in [0.3, 0.4) is 0 Å². The maximum atomic E-state index is 12.0. The maximum Gasteiger partial charge on any atom is 0.407 e. The Kier molecular flexibility index (Phi) is 7.47. The molecular weight excluding hydrogens is 328 g/mol. The summed E-state index contributed by atoms with van der Waals surface area (Å²) in [5.41, 5.74) is -0.122. The lowest BCUT2D eigenvalue weighted by molar-refractivity contribution is 0.0510. The molecule has 8 nitrogen and oxygen atoms in total. The van der Waals surface area contributed by atoms with E-state index in [0.717, 1.165) is 0 Å². The average molecular weight is 354 g/mol. The predicted octanol–water partition coefficient (Wildman–Crippen LogP) is 2.37. The van der Waals surface area contributed by atoms with Gasteiger partial charge in [0.15, 0.2) is 0 Å². The molecule has 0 aliphatic carbocycles. The third kappa shape index (κ3) is 6.86. The van der Waals surface area contributed by atoms with Gasteiger partial charge in [0, 0.05) is 19.3 Å². The first-order valence-corrected chi connectivity index (χ1v) is 8.19. The van der Waals surface area contributed by atoms with Crippen molar-refractivity contribution in [2.24, 2.45) is 0 Å². The Bertz CT molecular complexity index is 615. The standard InChI is InChI=1S/C17H26N2O6/c1-6-23-14(20)12-10-13(15(21)24-7-2)19(11-12)9-8-18-16(22)25-17(3,4)5/h10-11H,6-9H2,1-5H3,(H,18,22). The highest BCUT2D eigenvalue weighted by Gasteiger charge is 2.20. The van der Waals surface area contributed by atoms with Gasteiger partial charge in [-0.2, -0.15) is 0 Å². The fraction of sp³-hybridized carbons (Fsp3) is 0.588. The van der Waals surface area contributed by atoms with Gasteiger partial charge >= 0.3 is 18.0 Å². The average Bonchev–Trinajstić information content (AvgIpc) is 2.90. The molecule has 1 rings (SSSR count). The maximum absolute atomic E-state index is 12.0. The number of hydrogen-bond donors (Lipinski definition) is 1. The lowest BCUT2D eigenvalue weighted by Gasteiger charge is -2.19. The van der Waals surface area contributed by atoms with E-state index in [0.29, 0.717) is 0 Å². The topological polar surface area (TPSA) is 95.9 Å². The first kappa shape index (κ1) is 20.5. The van der Waals surface area contributed by atoms with Crippen molar-refractivity contribution in [3.63, 3.8) is 0 Å². The van der Waals surface area contributed by atoms with Crippen LogP contribution >= 0.6 is 0 Å². The number of carbonyl (C=O) groups excluding carboxylic acids is 3. The van der Waals surface area contributed by atoms with Gasteiger partial charge in [-0.15, -0.1) is 0 Å². The number of nitrogens with zero attached hydrogens (tertiary/aromatic N) is 1. The van der Waals surface area contributed by atoms with Gasteiger partial charge in [0.2, 0.25) is 0 Å². The van der Waals surface area contributed by atoms with Gasteiger partial charge < -0.3 is 24.1 Å². The highest BCUT2D eigenvalue weighted by molar-refractivity contribution is 5.95. The molecule has 0 radical (unpaired) electrons. The van der Waals surface area contributed by atoms with Crippen LogP contribution in [0, 0.1) is 0 Å². The third-order valence-corrected chi connectivity index (χ3v) is 2.91. The first-order valence-electron chi connectivity index (χ1n) is 8.19. The Hall–Kier alpha value is -2.51. The van der Waals surface area contributed by atoms with Crippen molar-refractivity contribution in [1.82, 2.24) is 9.88 Å². The Labute approximate surface area is 147 Å². The van der Waals surface area contributed by atoms with Crippen molar-refractivity contribution >= 4 is 18.0 Å². The Balaban J connectivity index is 2.80. The predicted molar refractivity (Wildman–Crippen MR) is 90.6 cm³/mol. The number of rotatable bonds is 7. The third-order valence-electron chi connectivity index (χ3n) is 2.91. The van der Waals surface area contributed by atoms with Crippen LogP contribution in [-0.4, -0.2) is 48.0 Å². The first-order chi connectivity index (χ1) is 11.7. The summed E-state index contributed by atoms with van der Waals surface area (Å²) in [6, 6.07) is 1.42. The van der Waals surface area contributed by atoms with E-state index in [1.165, 1.54) is 12.3 Å². The van der Waals surface area contributed by atoms with E-state index < -0.39 is 23.6 Å². The van der Waals surface area contributed by atoms with E-state index in [1.54, 1.807) is 39.2 Å². The van der Waals surface area contributed by atoms with Gasteiger partial charge in [-0.3, -0.25) is 0 Å². The molecule has 0 atom stereocenters. The number of ether oxygens (including phenoxy) is 3. The Morgan fingerprint density at radius 3 is 2.24 bits per heavy atom. The number of esters is 2. The van der Waals surface area contributed by atoms with Crippen molar-refractivity contribution in [2.75, 3.05) is 19.8 Å². The van der Waals surface area contributed by atoms with Crippen molar-refractivity contribution < 1.29 is 28.6 Å². The molecule has 1 N–H and O–H groups in total. The van der Waals surface area contributed by atoms with Crippen LogP contribution in [-0.2, 0) is 20.8 Å². The smallest absolute Gasteiger partial charge is 0.407 e. The zero-order chi connectivity index (χ0) is 19.0. The molecule has 25 heavy (non-hydrogen) atoms. The number of carbonyl (C=O) groups is 3. The van der Waals surface area contributed by atoms with E-state index in [2.05, 4.69) is 5.32 Å². The summed E-state index contributed by atoms with van der Waals surface area (Å²) >= 11 is 0. The minimum absolute atomic E-state index is 0.217. The minimum atomic E-state index is -0.593. The van der Waals surface area contributed by atoms with Crippen LogP contribution in [0.2, 0.25) is 0 Å². The van der Waals surface area contributed by atoms with E-state index in [1.807, 2.05) is 0 Å². The number of hydrogen-bond acceptors (Lipinski definition) is 6. The zero-order valence-corrected chi connectivity index (χ0v) is 15.4. The molecule has 1 aromatic rings. The quantitative estimate of drug-likeness (QED) is 0.596. The summed E-state index contributed by atoms with van der Waals surface area (Å²) in [5, 5.41) is 2.60.